The molecule has 1 aromatic carbocycles. The number of hydrogen-bond donors (Lipinski definition) is 0. The van der Waals surface area contributed by atoms with Gasteiger partial charge >= 0.3 is 0 Å². The summed E-state index contributed by atoms with van der Waals surface area (Å²) >= 11 is 13.0. The van der Waals surface area contributed by atoms with Crippen LogP contribution in [-0.4, -0.2) is 17.3 Å². The maximum Gasteiger partial charge on any atom is 0.162 e. The molecule has 5 rings (SSSR count). The smallest absolute Gasteiger partial charge is 0.162 e. The van der Waals surface area contributed by atoms with Crippen LogP contribution in [0.4, 0.5) is 4.39 Å². The second-order valence-electron chi connectivity index (χ2n) is 8.22. The molecule has 130 valence electrons. The number of halogens is 3. The quantitative estimate of drug-likeness (QED) is 0.506. The van der Waals surface area contributed by atoms with Gasteiger partial charge in [0, 0.05) is 16.4 Å². The number of ether oxygens (including phenoxy) is 1. The molecule has 0 saturated heterocycles. The van der Waals surface area contributed by atoms with Gasteiger partial charge in [0.1, 0.15) is 11.6 Å². The van der Waals surface area contributed by atoms with Gasteiger partial charge in [0.05, 0.1) is 17.2 Å². The van der Waals surface area contributed by atoms with Crippen molar-refractivity contribution in [3.8, 4) is 5.75 Å². The molecule has 2 atom stereocenters. The second-order valence-corrected chi connectivity index (χ2v) is 9.43. The van der Waals surface area contributed by atoms with Crippen molar-refractivity contribution in [3.05, 3.63) is 28.5 Å². The number of hydrogen-bond acceptors (Lipinski definition) is 2. The molecule has 5 heteroatoms. The van der Waals surface area contributed by atoms with E-state index in [1.807, 2.05) is 0 Å². The third-order valence-electron chi connectivity index (χ3n) is 6.05. The Labute approximate surface area is 151 Å². The zero-order valence-corrected chi connectivity index (χ0v) is 15.2. The number of rotatable bonds is 4. The molecule has 0 aliphatic heterocycles. The number of carbonyl (C=O) groups is 1. The Morgan fingerprint density at radius 2 is 1.96 bits per heavy atom. The molecule has 4 aliphatic carbocycles. The van der Waals surface area contributed by atoms with E-state index >= 15 is 0 Å². The molecule has 0 aromatic heterocycles. The zero-order valence-electron chi connectivity index (χ0n) is 13.7. The van der Waals surface area contributed by atoms with Crippen LogP contribution in [0.1, 0.15) is 55.8 Å². The number of ketones is 1. The highest BCUT2D eigenvalue weighted by atomic mass is 35.5. The molecule has 0 amide bonds. The fraction of sp³-hybridized carbons (Fsp3) is 0.632. The van der Waals surface area contributed by atoms with E-state index in [0.29, 0.717) is 24.2 Å². The number of benzene rings is 1. The first kappa shape index (κ1) is 16.7. The van der Waals surface area contributed by atoms with Crippen LogP contribution in [-0.2, 0) is 0 Å². The first-order valence-electron chi connectivity index (χ1n) is 8.59. The first-order chi connectivity index (χ1) is 11.3. The lowest BCUT2D eigenvalue weighted by atomic mass is 9.49. The minimum atomic E-state index is -0.582. The third-order valence-corrected chi connectivity index (χ3v) is 6.78. The SMILES string of the molecule is CC(=O)c1cc(Cl)c(OCC23CC4CC(CC(Cl)(C4)C2)C3)cc1F. The zero-order chi connectivity index (χ0) is 17.1. The van der Waals surface area contributed by atoms with Gasteiger partial charge in [0.2, 0.25) is 0 Å². The summed E-state index contributed by atoms with van der Waals surface area (Å²) in [7, 11) is 0. The van der Waals surface area contributed by atoms with Crippen molar-refractivity contribution in [1.29, 1.82) is 0 Å². The summed E-state index contributed by atoms with van der Waals surface area (Å²) in [6, 6.07) is 2.59. The molecule has 0 N–H and O–H groups in total. The van der Waals surface area contributed by atoms with Crippen LogP contribution in [0, 0.1) is 23.1 Å². The van der Waals surface area contributed by atoms with E-state index in [0.717, 1.165) is 32.1 Å². The molecule has 2 nitrogen and oxygen atoms in total. The summed E-state index contributed by atoms with van der Waals surface area (Å²) < 4.78 is 20.0. The highest BCUT2D eigenvalue weighted by Crippen LogP contribution is 2.63. The number of Topliss-reactive ketones (excluding diaryl/α,β-unsaturated/α-hetero) is 1. The summed E-state index contributed by atoms with van der Waals surface area (Å²) in [5, 5.41) is 0.284. The lowest BCUT2D eigenvalue weighted by Crippen LogP contribution is -2.55. The van der Waals surface area contributed by atoms with Crippen molar-refractivity contribution in [2.24, 2.45) is 17.3 Å². The van der Waals surface area contributed by atoms with Crippen LogP contribution in [0.25, 0.3) is 0 Å². The number of carbonyl (C=O) groups excluding carboxylic acids is 1. The molecule has 0 heterocycles. The van der Waals surface area contributed by atoms with E-state index in [-0.39, 0.29) is 26.7 Å². The molecule has 1 aromatic rings. The Kier molecular flexibility index (Phi) is 3.89. The molecule has 0 radical (unpaired) electrons. The average Bonchev–Trinajstić information content (AvgIpc) is 2.45. The van der Waals surface area contributed by atoms with Gasteiger partial charge < -0.3 is 4.74 Å². The minimum absolute atomic E-state index is 0.00173. The summed E-state index contributed by atoms with van der Waals surface area (Å²) in [6.45, 7) is 1.84. The van der Waals surface area contributed by atoms with Crippen LogP contribution in [0.3, 0.4) is 0 Å². The van der Waals surface area contributed by atoms with Crippen LogP contribution >= 0.6 is 23.2 Å². The van der Waals surface area contributed by atoms with Gasteiger partial charge in [-0.3, -0.25) is 4.79 Å². The molecular formula is C19H21Cl2FO2. The van der Waals surface area contributed by atoms with Gasteiger partial charge in [-0.2, -0.15) is 0 Å². The minimum Gasteiger partial charge on any atom is -0.491 e. The molecule has 4 aliphatic rings. The summed E-state index contributed by atoms with van der Waals surface area (Å²) in [4.78, 5) is 11.3. The Hall–Kier alpha value is -0.800. The second kappa shape index (κ2) is 5.60. The molecule has 4 saturated carbocycles. The maximum absolute atomic E-state index is 14.0. The predicted octanol–water partition coefficient (Wildman–Crippen LogP) is 5.64. The van der Waals surface area contributed by atoms with Crippen molar-refractivity contribution in [3.63, 3.8) is 0 Å². The molecular weight excluding hydrogens is 350 g/mol. The van der Waals surface area contributed by atoms with Crippen LogP contribution in [0.15, 0.2) is 12.1 Å². The van der Waals surface area contributed by atoms with Gasteiger partial charge in [-0.05, 0) is 63.4 Å². The van der Waals surface area contributed by atoms with Crippen LogP contribution < -0.4 is 4.74 Å². The molecule has 4 bridgehead atoms. The lowest BCUT2D eigenvalue weighted by Gasteiger charge is -2.59. The van der Waals surface area contributed by atoms with Gasteiger partial charge in [0.25, 0.3) is 0 Å². The Bertz CT molecular complexity index is 689. The van der Waals surface area contributed by atoms with E-state index in [2.05, 4.69) is 0 Å². The fourth-order valence-corrected chi connectivity index (χ4v) is 6.58. The van der Waals surface area contributed by atoms with Crippen LogP contribution in [0.5, 0.6) is 5.75 Å². The monoisotopic (exact) mass is 370 g/mol. The van der Waals surface area contributed by atoms with E-state index in [4.69, 9.17) is 27.9 Å². The molecule has 0 spiro atoms. The summed E-state index contributed by atoms with van der Waals surface area (Å²) in [5.74, 6) is 0.783. The summed E-state index contributed by atoms with van der Waals surface area (Å²) in [5.41, 5.74) is 0.0899. The largest absolute Gasteiger partial charge is 0.491 e. The summed E-state index contributed by atoms with van der Waals surface area (Å²) in [6.07, 6.45) is 6.79. The predicted molar refractivity (Wildman–Crippen MR) is 92.6 cm³/mol. The van der Waals surface area contributed by atoms with Crippen molar-refractivity contribution >= 4 is 29.0 Å². The fourth-order valence-electron chi connectivity index (χ4n) is 5.64. The first-order valence-corrected chi connectivity index (χ1v) is 9.35. The highest BCUT2D eigenvalue weighted by Gasteiger charge is 2.57. The Morgan fingerprint density at radius 1 is 1.29 bits per heavy atom. The Balaban J connectivity index is 1.53. The van der Waals surface area contributed by atoms with Crippen molar-refractivity contribution in [1.82, 2.24) is 0 Å². The van der Waals surface area contributed by atoms with Crippen molar-refractivity contribution < 1.29 is 13.9 Å². The maximum atomic E-state index is 14.0. The average molecular weight is 371 g/mol. The van der Waals surface area contributed by atoms with Gasteiger partial charge in [-0.25, -0.2) is 4.39 Å². The van der Waals surface area contributed by atoms with Crippen molar-refractivity contribution in [2.75, 3.05) is 6.61 Å². The van der Waals surface area contributed by atoms with E-state index < -0.39 is 5.82 Å². The topological polar surface area (TPSA) is 26.3 Å². The van der Waals surface area contributed by atoms with Gasteiger partial charge in [-0.1, -0.05) is 11.6 Å². The lowest BCUT2D eigenvalue weighted by molar-refractivity contribution is -0.0637. The van der Waals surface area contributed by atoms with Crippen LogP contribution in [0.2, 0.25) is 5.02 Å². The van der Waals surface area contributed by atoms with E-state index in [9.17, 15) is 9.18 Å². The molecule has 2 unspecified atom stereocenters. The van der Waals surface area contributed by atoms with E-state index in [1.165, 1.54) is 25.5 Å². The molecule has 4 fully saturated rings. The number of alkyl halides is 1. The molecule has 24 heavy (non-hydrogen) atoms. The van der Waals surface area contributed by atoms with Gasteiger partial charge in [-0.15, -0.1) is 11.6 Å². The van der Waals surface area contributed by atoms with Crippen molar-refractivity contribution in [2.45, 2.75) is 50.3 Å². The highest BCUT2D eigenvalue weighted by molar-refractivity contribution is 6.32. The van der Waals surface area contributed by atoms with E-state index in [1.54, 1.807) is 0 Å². The Morgan fingerprint density at radius 3 is 2.54 bits per heavy atom. The normalized spacial score (nSPS) is 36.8. The third kappa shape index (κ3) is 2.84. The van der Waals surface area contributed by atoms with Gasteiger partial charge in [0.15, 0.2) is 5.78 Å². The standard InChI is InChI=1S/C19H21Cl2FO2/c1-11(23)14-3-15(20)17(4-16(14)22)24-10-18-5-12-2-13(6-18)8-19(21,7-12)9-18/h3-4,12-13H,2,5-10H2,1H3.